The fourth-order valence-electron chi connectivity index (χ4n) is 2.43. The molecule has 1 aliphatic rings. The standard InChI is InChI=1S/C14H17NO4/c1-14(2)7-9-4-3-5-10(13(9)19-14)11(15-8-16)6-12(17)18/h3-5,8,11H,6-7H2,1-2H3,(H,15,16)(H,17,18)/t11-/m0/s1. The summed E-state index contributed by atoms with van der Waals surface area (Å²) in [4.78, 5) is 21.5. The van der Waals surface area contributed by atoms with Crippen molar-refractivity contribution in [3.05, 3.63) is 29.3 Å². The number of carboxylic acid groups (broad SMARTS) is 1. The van der Waals surface area contributed by atoms with E-state index in [9.17, 15) is 9.59 Å². The molecule has 1 aliphatic heterocycles. The van der Waals surface area contributed by atoms with Crippen molar-refractivity contribution in [2.45, 2.75) is 38.3 Å². The monoisotopic (exact) mass is 263 g/mol. The van der Waals surface area contributed by atoms with Crippen LogP contribution in [0.5, 0.6) is 5.75 Å². The average molecular weight is 263 g/mol. The van der Waals surface area contributed by atoms with Crippen LogP contribution >= 0.6 is 0 Å². The van der Waals surface area contributed by atoms with Crippen LogP contribution < -0.4 is 10.1 Å². The molecule has 1 heterocycles. The summed E-state index contributed by atoms with van der Waals surface area (Å²) in [6, 6.07) is 5.05. The number of carbonyl (C=O) groups is 2. The van der Waals surface area contributed by atoms with Gasteiger partial charge in [0.2, 0.25) is 6.41 Å². The Kier molecular flexibility index (Phi) is 3.46. The lowest BCUT2D eigenvalue weighted by Crippen LogP contribution is -2.26. The van der Waals surface area contributed by atoms with Gasteiger partial charge in [0.1, 0.15) is 11.4 Å². The first-order valence-corrected chi connectivity index (χ1v) is 6.15. The van der Waals surface area contributed by atoms with Crippen LogP contribution in [0, 0.1) is 0 Å². The molecule has 2 N–H and O–H groups in total. The van der Waals surface area contributed by atoms with E-state index >= 15 is 0 Å². The molecule has 0 aliphatic carbocycles. The van der Waals surface area contributed by atoms with Gasteiger partial charge in [-0.15, -0.1) is 0 Å². The van der Waals surface area contributed by atoms with Gasteiger partial charge in [-0.1, -0.05) is 18.2 Å². The van der Waals surface area contributed by atoms with Gasteiger partial charge in [-0.2, -0.15) is 0 Å². The number of benzene rings is 1. The number of carbonyl (C=O) groups excluding carboxylic acids is 1. The average Bonchev–Trinajstić information content (AvgIpc) is 2.61. The van der Waals surface area contributed by atoms with E-state index < -0.39 is 12.0 Å². The van der Waals surface area contributed by atoms with E-state index in [-0.39, 0.29) is 12.0 Å². The zero-order valence-electron chi connectivity index (χ0n) is 11.0. The highest BCUT2D eigenvalue weighted by molar-refractivity contribution is 5.69. The Morgan fingerprint density at radius 3 is 2.95 bits per heavy atom. The first-order valence-electron chi connectivity index (χ1n) is 6.15. The normalized spacial score (nSPS) is 17.2. The second-order valence-corrected chi connectivity index (χ2v) is 5.31. The Morgan fingerprint density at radius 1 is 1.58 bits per heavy atom. The number of hydrogen-bond donors (Lipinski definition) is 2. The van der Waals surface area contributed by atoms with Gasteiger partial charge < -0.3 is 15.2 Å². The summed E-state index contributed by atoms with van der Waals surface area (Å²) in [5, 5.41) is 11.5. The lowest BCUT2D eigenvalue weighted by atomic mass is 9.97. The number of fused-ring (bicyclic) bond motifs is 1. The van der Waals surface area contributed by atoms with Crippen molar-refractivity contribution in [3.8, 4) is 5.75 Å². The zero-order valence-corrected chi connectivity index (χ0v) is 11.0. The maximum atomic E-state index is 10.9. The first kappa shape index (κ1) is 13.4. The van der Waals surface area contributed by atoms with Crippen LogP contribution in [-0.4, -0.2) is 23.1 Å². The van der Waals surface area contributed by atoms with E-state index in [2.05, 4.69) is 5.32 Å². The van der Waals surface area contributed by atoms with Gasteiger partial charge in [0.15, 0.2) is 0 Å². The highest BCUT2D eigenvalue weighted by Gasteiger charge is 2.33. The van der Waals surface area contributed by atoms with Crippen molar-refractivity contribution in [3.63, 3.8) is 0 Å². The molecule has 0 unspecified atom stereocenters. The largest absolute Gasteiger partial charge is 0.487 e. The van der Waals surface area contributed by atoms with E-state index in [1.165, 1.54) is 0 Å². The summed E-state index contributed by atoms with van der Waals surface area (Å²) in [7, 11) is 0. The highest BCUT2D eigenvalue weighted by atomic mass is 16.5. The summed E-state index contributed by atoms with van der Waals surface area (Å²) in [6.45, 7) is 3.96. The summed E-state index contributed by atoms with van der Waals surface area (Å²) < 4.78 is 5.89. The minimum absolute atomic E-state index is 0.168. The second kappa shape index (κ2) is 4.91. The van der Waals surface area contributed by atoms with Crippen molar-refractivity contribution >= 4 is 12.4 Å². The van der Waals surface area contributed by atoms with Gasteiger partial charge in [0.05, 0.1) is 12.5 Å². The van der Waals surface area contributed by atoms with Crippen LogP contribution in [0.25, 0.3) is 0 Å². The second-order valence-electron chi connectivity index (χ2n) is 5.31. The minimum atomic E-state index is -0.964. The van der Waals surface area contributed by atoms with E-state index in [4.69, 9.17) is 9.84 Å². The smallest absolute Gasteiger partial charge is 0.305 e. The van der Waals surface area contributed by atoms with Gasteiger partial charge in [-0.25, -0.2) is 0 Å². The highest BCUT2D eigenvalue weighted by Crippen LogP contribution is 2.40. The molecule has 5 heteroatoms. The molecule has 1 aromatic carbocycles. The molecule has 0 saturated heterocycles. The molecule has 102 valence electrons. The molecule has 0 saturated carbocycles. The Labute approximate surface area is 111 Å². The molecule has 2 rings (SSSR count). The number of rotatable bonds is 5. The number of ether oxygens (including phenoxy) is 1. The van der Waals surface area contributed by atoms with Crippen LogP contribution in [-0.2, 0) is 16.0 Å². The molecule has 1 amide bonds. The zero-order chi connectivity index (χ0) is 14.0. The third-order valence-corrected chi connectivity index (χ3v) is 3.14. The van der Waals surface area contributed by atoms with E-state index in [0.29, 0.717) is 12.2 Å². The SMILES string of the molecule is CC1(C)Cc2cccc([C@H](CC(=O)O)NC=O)c2O1. The number of amides is 1. The molecule has 0 radical (unpaired) electrons. The van der Waals surface area contributed by atoms with Gasteiger partial charge >= 0.3 is 5.97 Å². The molecule has 0 bridgehead atoms. The molecule has 5 nitrogen and oxygen atoms in total. The summed E-state index contributed by atoms with van der Waals surface area (Å²) >= 11 is 0. The molecule has 1 aromatic rings. The quantitative estimate of drug-likeness (QED) is 0.792. The van der Waals surface area contributed by atoms with Crippen molar-refractivity contribution < 1.29 is 19.4 Å². The fraction of sp³-hybridized carbons (Fsp3) is 0.429. The van der Waals surface area contributed by atoms with Gasteiger partial charge in [-0.3, -0.25) is 9.59 Å². The van der Waals surface area contributed by atoms with E-state index in [0.717, 1.165) is 17.5 Å². The molecular weight excluding hydrogens is 246 g/mol. The molecule has 0 spiro atoms. The van der Waals surface area contributed by atoms with E-state index in [1.54, 1.807) is 6.07 Å². The van der Waals surface area contributed by atoms with Crippen molar-refractivity contribution in [1.82, 2.24) is 5.32 Å². The minimum Gasteiger partial charge on any atom is -0.487 e. The number of hydrogen-bond acceptors (Lipinski definition) is 3. The molecule has 19 heavy (non-hydrogen) atoms. The Balaban J connectivity index is 2.37. The van der Waals surface area contributed by atoms with Crippen LogP contribution in [0.4, 0.5) is 0 Å². The summed E-state index contributed by atoms with van der Waals surface area (Å²) in [5.74, 6) is -0.262. The van der Waals surface area contributed by atoms with Crippen molar-refractivity contribution in [2.24, 2.45) is 0 Å². The molecule has 0 aromatic heterocycles. The Morgan fingerprint density at radius 2 is 2.32 bits per heavy atom. The lowest BCUT2D eigenvalue weighted by molar-refractivity contribution is -0.137. The Bertz CT molecular complexity index is 510. The lowest BCUT2D eigenvalue weighted by Gasteiger charge is -2.21. The fourth-order valence-corrected chi connectivity index (χ4v) is 2.43. The summed E-state index contributed by atoms with van der Waals surface area (Å²) in [6.07, 6.45) is 1.13. The number of para-hydroxylation sites is 1. The van der Waals surface area contributed by atoms with Crippen LogP contribution in [0.15, 0.2) is 18.2 Å². The van der Waals surface area contributed by atoms with Gasteiger partial charge in [0, 0.05) is 12.0 Å². The topological polar surface area (TPSA) is 75.6 Å². The van der Waals surface area contributed by atoms with Gasteiger partial charge in [-0.05, 0) is 19.4 Å². The van der Waals surface area contributed by atoms with Crippen LogP contribution in [0.2, 0.25) is 0 Å². The maximum absolute atomic E-state index is 10.9. The summed E-state index contributed by atoms with van der Waals surface area (Å²) in [5.41, 5.74) is 1.47. The van der Waals surface area contributed by atoms with Crippen molar-refractivity contribution in [1.29, 1.82) is 0 Å². The first-order chi connectivity index (χ1) is 8.93. The third kappa shape index (κ3) is 2.86. The van der Waals surface area contributed by atoms with Crippen molar-refractivity contribution in [2.75, 3.05) is 0 Å². The molecular formula is C14H17NO4. The molecule has 1 atom stereocenters. The predicted octanol–water partition coefficient (Wildman–Crippen LogP) is 1.66. The van der Waals surface area contributed by atoms with Crippen LogP contribution in [0.3, 0.4) is 0 Å². The third-order valence-electron chi connectivity index (χ3n) is 3.14. The number of aliphatic carboxylic acids is 1. The Hall–Kier alpha value is -2.04. The van der Waals surface area contributed by atoms with E-state index in [1.807, 2.05) is 26.0 Å². The molecule has 0 fully saturated rings. The van der Waals surface area contributed by atoms with Gasteiger partial charge in [0.25, 0.3) is 0 Å². The predicted molar refractivity (Wildman–Crippen MR) is 69.0 cm³/mol. The van der Waals surface area contributed by atoms with Crippen LogP contribution in [0.1, 0.15) is 37.4 Å². The number of carboxylic acids is 1. The maximum Gasteiger partial charge on any atom is 0.305 e. The number of nitrogens with one attached hydrogen (secondary N) is 1.